The Balaban J connectivity index is 1.68. The van der Waals surface area contributed by atoms with Crippen LogP contribution in [0.2, 0.25) is 0 Å². The Morgan fingerprint density at radius 3 is 2.88 bits per heavy atom. The lowest BCUT2D eigenvalue weighted by molar-refractivity contribution is 0.0303. The summed E-state index contributed by atoms with van der Waals surface area (Å²) in [5.74, 6) is -0.437. The van der Waals surface area contributed by atoms with Crippen molar-refractivity contribution in [3.8, 4) is 0 Å². The molecule has 9 heteroatoms. The first-order valence-corrected chi connectivity index (χ1v) is 8.59. The van der Waals surface area contributed by atoms with Gasteiger partial charge in [0.2, 0.25) is 5.01 Å². The number of nitrogens with one attached hydrogen (secondary N) is 1. The predicted molar refractivity (Wildman–Crippen MR) is 91.7 cm³/mol. The third-order valence-corrected chi connectivity index (χ3v) is 4.49. The molecule has 1 saturated heterocycles. The van der Waals surface area contributed by atoms with Crippen molar-refractivity contribution < 1.29 is 19.1 Å². The molecule has 0 bridgehead atoms. The minimum atomic E-state index is -0.365. The van der Waals surface area contributed by atoms with E-state index in [1.54, 1.807) is 36.3 Å². The number of anilines is 1. The lowest BCUT2D eigenvalue weighted by atomic mass is 10.1. The number of rotatable bonds is 5. The van der Waals surface area contributed by atoms with Crippen molar-refractivity contribution >= 4 is 28.8 Å². The Morgan fingerprint density at radius 2 is 2.12 bits per heavy atom. The minimum Gasteiger partial charge on any atom is -0.378 e. The van der Waals surface area contributed by atoms with Gasteiger partial charge in [0.25, 0.3) is 11.8 Å². The number of aromatic nitrogens is 2. The SMILES string of the molecule is COCc1nnc(C(=O)Nc2cccc(C(=O)N3CCOCC3)c2)s1. The normalized spacial score (nSPS) is 14.4. The molecule has 1 aromatic heterocycles. The summed E-state index contributed by atoms with van der Waals surface area (Å²) >= 11 is 1.17. The first-order chi connectivity index (χ1) is 12.2. The fourth-order valence-electron chi connectivity index (χ4n) is 2.39. The second kappa shape index (κ2) is 8.15. The van der Waals surface area contributed by atoms with E-state index in [0.29, 0.717) is 49.2 Å². The molecule has 1 fully saturated rings. The van der Waals surface area contributed by atoms with Crippen molar-refractivity contribution in [1.29, 1.82) is 0 Å². The van der Waals surface area contributed by atoms with E-state index in [1.165, 1.54) is 11.3 Å². The van der Waals surface area contributed by atoms with Gasteiger partial charge in [-0.3, -0.25) is 9.59 Å². The number of hydrogen-bond acceptors (Lipinski definition) is 7. The second-order valence-corrected chi connectivity index (χ2v) is 6.44. The van der Waals surface area contributed by atoms with Gasteiger partial charge in [-0.2, -0.15) is 0 Å². The number of hydrogen-bond donors (Lipinski definition) is 1. The molecule has 1 N–H and O–H groups in total. The molecule has 2 heterocycles. The van der Waals surface area contributed by atoms with E-state index in [-0.39, 0.29) is 16.8 Å². The fourth-order valence-corrected chi connectivity index (χ4v) is 3.10. The van der Waals surface area contributed by atoms with Crippen LogP contribution in [0, 0.1) is 0 Å². The van der Waals surface area contributed by atoms with Gasteiger partial charge in [0.15, 0.2) is 0 Å². The molecule has 132 valence electrons. The van der Waals surface area contributed by atoms with Crippen LogP contribution in [-0.2, 0) is 16.1 Å². The van der Waals surface area contributed by atoms with E-state index in [4.69, 9.17) is 9.47 Å². The zero-order valence-electron chi connectivity index (χ0n) is 13.7. The standard InChI is InChI=1S/C16H18N4O4S/c1-23-10-13-18-19-15(25-13)14(21)17-12-4-2-3-11(9-12)16(22)20-5-7-24-8-6-20/h2-4,9H,5-8,10H2,1H3,(H,17,21). The van der Waals surface area contributed by atoms with Gasteiger partial charge in [0.05, 0.1) is 19.8 Å². The molecular formula is C16H18N4O4S. The van der Waals surface area contributed by atoms with Gasteiger partial charge in [-0.25, -0.2) is 0 Å². The van der Waals surface area contributed by atoms with Crippen molar-refractivity contribution in [1.82, 2.24) is 15.1 Å². The van der Waals surface area contributed by atoms with E-state index in [2.05, 4.69) is 15.5 Å². The highest BCUT2D eigenvalue weighted by Gasteiger charge is 2.19. The molecule has 1 aromatic carbocycles. The largest absolute Gasteiger partial charge is 0.378 e. The molecule has 3 rings (SSSR count). The van der Waals surface area contributed by atoms with Gasteiger partial charge in [0.1, 0.15) is 5.01 Å². The number of carbonyl (C=O) groups is 2. The van der Waals surface area contributed by atoms with Crippen LogP contribution in [0.5, 0.6) is 0 Å². The minimum absolute atomic E-state index is 0.0716. The molecule has 25 heavy (non-hydrogen) atoms. The van der Waals surface area contributed by atoms with Crippen molar-refractivity contribution in [3.63, 3.8) is 0 Å². The lowest BCUT2D eigenvalue weighted by Crippen LogP contribution is -2.40. The Labute approximate surface area is 148 Å². The lowest BCUT2D eigenvalue weighted by Gasteiger charge is -2.27. The van der Waals surface area contributed by atoms with Crippen LogP contribution in [-0.4, -0.2) is 60.3 Å². The van der Waals surface area contributed by atoms with E-state index >= 15 is 0 Å². The first-order valence-electron chi connectivity index (χ1n) is 7.77. The number of benzene rings is 1. The van der Waals surface area contributed by atoms with Gasteiger partial charge in [-0.05, 0) is 18.2 Å². The maximum atomic E-state index is 12.5. The highest BCUT2D eigenvalue weighted by molar-refractivity contribution is 7.13. The maximum absolute atomic E-state index is 12.5. The summed E-state index contributed by atoms with van der Waals surface area (Å²) in [7, 11) is 1.55. The fraction of sp³-hybridized carbons (Fsp3) is 0.375. The molecule has 0 saturated carbocycles. The molecule has 0 spiro atoms. The van der Waals surface area contributed by atoms with Crippen LogP contribution in [0.1, 0.15) is 25.2 Å². The Hall–Kier alpha value is -2.36. The number of amides is 2. The van der Waals surface area contributed by atoms with Crippen LogP contribution >= 0.6 is 11.3 Å². The summed E-state index contributed by atoms with van der Waals surface area (Å²) in [5.41, 5.74) is 1.06. The van der Waals surface area contributed by atoms with E-state index in [0.717, 1.165) is 0 Å². The van der Waals surface area contributed by atoms with Crippen LogP contribution in [0.15, 0.2) is 24.3 Å². The third kappa shape index (κ3) is 4.38. The Bertz CT molecular complexity index is 758. The first kappa shape index (κ1) is 17.5. The van der Waals surface area contributed by atoms with E-state index in [1.807, 2.05) is 0 Å². The molecule has 0 unspecified atom stereocenters. The van der Waals surface area contributed by atoms with Crippen LogP contribution in [0.25, 0.3) is 0 Å². The van der Waals surface area contributed by atoms with Crippen LogP contribution in [0.3, 0.4) is 0 Å². The number of methoxy groups -OCH3 is 1. The van der Waals surface area contributed by atoms with Gasteiger partial charge in [-0.1, -0.05) is 17.4 Å². The summed E-state index contributed by atoms with van der Waals surface area (Å²) in [6.07, 6.45) is 0. The molecule has 0 atom stereocenters. The van der Waals surface area contributed by atoms with Gasteiger partial charge in [0, 0.05) is 31.5 Å². The van der Waals surface area contributed by atoms with Gasteiger partial charge in [-0.15, -0.1) is 10.2 Å². The van der Waals surface area contributed by atoms with Crippen molar-refractivity contribution in [2.75, 3.05) is 38.7 Å². The molecule has 2 aromatic rings. The Kier molecular flexibility index (Phi) is 5.69. The van der Waals surface area contributed by atoms with Crippen molar-refractivity contribution in [3.05, 3.63) is 39.8 Å². The summed E-state index contributed by atoms with van der Waals surface area (Å²) in [4.78, 5) is 26.5. The van der Waals surface area contributed by atoms with Crippen LogP contribution < -0.4 is 5.32 Å². The third-order valence-electron chi connectivity index (χ3n) is 3.59. The highest BCUT2D eigenvalue weighted by Crippen LogP contribution is 2.16. The Morgan fingerprint density at radius 1 is 1.32 bits per heavy atom. The number of ether oxygens (including phenoxy) is 2. The quantitative estimate of drug-likeness (QED) is 0.864. The van der Waals surface area contributed by atoms with Gasteiger partial charge < -0.3 is 19.7 Å². The average molecular weight is 362 g/mol. The maximum Gasteiger partial charge on any atom is 0.286 e. The van der Waals surface area contributed by atoms with Crippen molar-refractivity contribution in [2.45, 2.75) is 6.61 Å². The van der Waals surface area contributed by atoms with Gasteiger partial charge >= 0.3 is 0 Å². The molecule has 1 aliphatic rings. The summed E-state index contributed by atoms with van der Waals surface area (Å²) in [5, 5.41) is 11.4. The molecule has 0 radical (unpaired) electrons. The summed E-state index contributed by atoms with van der Waals surface area (Å²) in [6.45, 7) is 2.55. The molecule has 8 nitrogen and oxygen atoms in total. The highest BCUT2D eigenvalue weighted by atomic mass is 32.1. The van der Waals surface area contributed by atoms with E-state index in [9.17, 15) is 9.59 Å². The number of nitrogens with zero attached hydrogens (tertiary/aromatic N) is 3. The van der Waals surface area contributed by atoms with Crippen molar-refractivity contribution in [2.24, 2.45) is 0 Å². The summed E-state index contributed by atoms with van der Waals surface area (Å²) < 4.78 is 10.2. The van der Waals surface area contributed by atoms with Crippen LogP contribution in [0.4, 0.5) is 5.69 Å². The smallest absolute Gasteiger partial charge is 0.286 e. The average Bonchev–Trinajstić information content (AvgIpc) is 3.11. The number of morpholine rings is 1. The number of carbonyl (C=O) groups excluding carboxylic acids is 2. The second-order valence-electron chi connectivity index (χ2n) is 5.37. The topological polar surface area (TPSA) is 93.7 Å². The molecule has 1 aliphatic heterocycles. The molecule has 2 amide bonds. The zero-order valence-corrected chi connectivity index (χ0v) is 14.5. The summed E-state index contributed by atoms with van der Waals surface area (Å²) in [6, 6.07) is 6.85. The van der Waals surface area contributed by atoms with E-state index < -0.39 is 0 Å². The monoisotopic (exact) mass is 362 g/mol. The molecule has 0 aliphatic carbocycles. The predicted octanol–water partition coefficient (Wildman–Crippen LogP) is 1.41. The zero-order chi connectivity index (χ0) is 17.6. The molecular weight excluding hydrogens is 344 g/mol.